The highest BCUT2D eigenvalue weighted by molar-refractivity contribution is 6.72. The van der Waals surface area contributed by atoms with Crippen LogP contribution in [-0.4, -0.2) is 60.8 Å². The zero-order valence-electron chi connectivity index (χ0n) is 34.2. The van der Waals surface area contributed by atoms with Gasteiger partial charge in [-0.1, -0.05) is 43.3 Å². The molecule has 0 bridgehead atoms. The Hall–Kier alpha value is -6.35. The molecule has 3 aliphatic heterocycles. The number of aliphatic hydroxyl groups excluding tert-OH is 1. The first-order valence-electron chi connectivity index (χ1n) is 20.4. The SMILES string of the molecule is C[C@H]1[C@H]([Si](C)(C)F)[C@@H](CC(=O)N2Cc3ccccc3C[C@H]2CO)O[C@]12C(=O)N(Cc1ccc(NC(=O)c3ccc(N)cc3)cc1)c1ccc(NC(=O)c3ccc(N)cc3)cc12. The smallest absolute Gasteiger partial charge is 0.264 e. The molecule has 0 radical (unpaired) electrons. The van der Waals surface area contributed by atoms with Crippen LogP contribution in [-0.2, 0) is 39.4 Å². The van der Waals surface area contributed by atoms with Crippen molar-refractivity contribution in [1.29, 1.82) is 0 Å². The summed E-state index contributed by atoms with van der Waals surface area (Å²) in [6.07, 6.45) is -0.659. The first kappa shape index (κ1) is 41.4. The summed E-state index contributed by atoms with van der Waals surface area (Å²) in [5, 5.41) is 16.2. The van der Waals surface area contributed by atoms with Crippen molar-refractivity contribution in [2.24, 2.45) is 5.92 Å². The topological polar surface area (TPSA) is 180 Å². The van der Waals surface area contributed by atoms with E-state index in [-0.39, 0.29) is 37.3 Å². The van der Waals surface area contributed by atoms with E-state index in [2.05, 4.69) is 10.6 Å². The molecule has 8 rings (SSSR count). The van der Waals surface area contributed by atoms with E-state index in [1.54, 1.807) is 102 Å². The van der Waals surface area contributed by atoms with Crippen molar-refractivity contribution in [2.45, 2.75) is 69.2 Å². The molecule has 0 unspecified atom stereocenters. The Morgan fingerprint density at radius 2 is 1.41 bits per heavy atom. The van der Waals surface area contributed by atoms with Crippen LogP contribution in [0.15, 0.2) is 115 Å². The number of fused-ring (bicyclic) bond motifs is 3. The van der Waals surface area contributed by atoms with Crippen molar-refractivity contribution in [3.05, 3.63) is 149 Å². The lowest BCUT2D eigenvalue weighted by molar-refractivity contribution is -0.151. The maximum atomic E-state index is 16.8. The molecule has 5 aromatic rings. The number of aliphatic hydroxyl groups is 1. The van der Waals surface area contributed by atoms with E-state index in [0.717, 1.165) is 16.7 Å². The van der Waals surface area contributed by atoms with E-state index in [4.69, 9.17) is 16.2 Å². The summed E-state index contributed by atoms with van der Waals surface area (Å²) in [5.74, 6) is -2.10. The number of nitrogen functional groups attached to an aromatic ring is 2. The van der Waals surface area contributed by atoms with Crippen molar-refractivity contribution in [2.75, 3.05) is 33.6 Å². The average Bonchev–Trinajstić information content (AvgIpc) is 3.66. The van der Waals surface area contributed by atoms with Gasteiger partial charge in [0, 0.05) is 57.4 Å². The number of rotatable bonds is 10. The number of carbonyl (C=O) groups excluding carboxylic acids is 4. The standard InChI is InChI=1S/C47H49FN6O6Si/c1-28-43(61(2,3)48)41(24-42(56)53-26-33-7-5-4-6-32(33)22-38(53)27-55)60-47(28)39-23-37(52-45(58)31-12-16-35(50)17-13-31)20-21-40(39)54(46(47)59)25-29-8-18-36(19-9-29)51-44(57)30-10-14-34(49)15-11-30/h4-21,23,28,38,41,43,55H,22,24-27,49-50H2,1-3H3,(H,51,57)(H,52,58)/t28-,38-,41+,43-,47+/m0/s1. The quantitative estimate of drug-likeness (QED) is 0.0566. The Labute approximate surface area is 354 Å². The van der Waals surface area contributed by atoms with Crippen LogP contribution in [0.3, 0.4) is 0 Å². The summed E-state index contributed by atoms with van der Waals surface area (Å²) < 4.78 is 23.7. The minimum atomic E-state index is -3.66. The fourth-order valence-corrected chi connectivity index (χ4v) is 11.9. The number of amides is 4. The van der Waals surface area contributed by atoms with Gasteiger partial charge < -0.3 is 45.9 Å². The van der Waals surface area contributed by atoms with Crippen LogP contribution in [0.2, 0.25) is 18.6 Å². The second-order valence-corrected chi connectivity index (χ2v) is 20.6. The van der Waals surface area contributed by atoms with Gasteiger partial charge in [0.2, 0.25) is 14.3 Å². The van der Waals surface area contributed by atoms with Crippen LogP contribution >= 0.6 is 0 Å². The van der Waals surface area contributed by atoms with E-state index in [1.807, 2.05) is 43.3 Å². The molecular formula is C47H49FN6O6Si. The fraction of sp³-hybridized carbons (Fsp3) is 0.277. The van der Waals surface area contributed by atoms with Gasteiger partial charge in [-0.3, -0.25) is 19.2 Å². The molecule has 4 amide bonds. The van der Waals surface area contributed by atoms with E-state index in [9.17, 15) is 19.5 Å². The lowest BCUT2D eigenvalue weighted by atomic mass is 9.82. The maximum absolute atomic E-state index is 16.8. The molecule has 1 fully saturated rings. The fourth-order valence-electron chi connectivity index (χ4n) is 9.37. The number of halogens is 1. The Morgan fingerprint density at radius 3 is 2.00 bits per heavy atom. The zero-order chi connectivity index (χ0) is 43.2. The Morgan fingerprint density at radius 1 is 0.836 bits per heavy atom. The van der Waals surface area contributed by atoms with Crippen LogP contribution in [0.1, 0.15) is 56.3 Å². The zero-order valence-corrected chi connectivity index (χ0v) is 35.2. The molecule has 0 saturated carbocycles. The third-order valence-corrected chi connectivity index (χ3v) is 14.8. The van der Waals surface area contributed by atoms with Gasteiger partial charge in [-0.25, -0.2) is 0 Å². The molecule has 0 aliphatic carbocycles. The van der Waals surface area contributed by atoms with Crippen LogP contribution in [0.4, 0.5) is 32.5 Å². The largest absolute Gasteiger partial charge is 0.399 e. The molecule has 3 heterocycles. The van der Waals surface area contributed by atoms with Gasteiger partial charge in [-0.05, 0) is 115 Å². The second-order valence-electron chi connectivity index (χ2n) is 16.8. The first-order chi connectivity index (χ1) is 29.2. The average molecular weight is 841 g/mol. The van der Waals surface area contributed by atoms with Crippen LogP contribution in [0, 0.1) is 5.92 Å². The monoisotopic (exact) mass is 840 g/mol. The minimum Gasteiger partial charge on any atom is -0.399 e. The van der Waals surface area contributed by atoms with Crippen molar-refractivity contribution in [3.63, 3.8) is 0 Å². The van der Waals surface area contributed by atoms with Crippen molar-refractivity contribution < 1.29 is 33.1 Å². The van der Waals surface area contributed by atoms with E-state index in [1.165, 1.54) is 0 Å². The predicted molar refractivity (Wildman–Crippen MR) is 236 cm³/mol. The molecular weight excluding hydrogens is 792 g/mol. The molecule has 61 heavy (non-hydrogen) atoms. The highest BCUT2D eigenvalue weighted by Gasteiger charge is 2.67. The maximum Gasteiger partial charge on any atom is 0.264 e. The number of anilines is 5. The van der Waals surface area contributed by atoms with Crippen molar-refractivity contribution >= 4 is 60.5 Å². The number of nitrogens with zero attached hydrogens (tertiary/aromatic N) is 2. The summed E-state index contributed by atoms with van der Waals surface area (Å²) in [6.45, 7) is 5.16. The normalized spacial score (nSPS) is 21.9. The lowest BCUT2D eigenvalue weighted by Gasteiger charge is -2.37. The van der Waals surface area contributed by atoms with Gasteiger partial charge in [0.15, 0.2) is 5.60 Å². The summed E-state index contributed by atoms with van der Waals surface area (Å²) in [7, 11) is -3.66. The van der Waals surface area contributed by atoms with Gasteiger partial charge in [0.25, 0.3) is 17.7 Å². The number of benzene rings is 5. The molecule has 5 aromatic carbocycles. The first-order valence-corrected chi connectivity index (χ1v) is 23.3. The Kier molecular flexibility index (Phi) is 11.0. The van der Waals surface area contributed by atoms with Gasteiger partial charge >= 0.3 is 0 Å². The highest BCUT2D eigenvalue weighted by atomic mass is 28.4. The number of nitrogens with two attached hydrogens (primary N) is 2. The molecule has 3 aliphatic rings. The lowest BCUT2D eigenvalue weighted by Crippen LogP contribution is -2.48. The summed E-state index contributed by atoms with van der Waals surface area (Å²) in [6, 6.07) is 32.7. The molecule has 1 spiro atoms. The van der Waals surface area contributed by atoms with Crippen LogP contribution in [0.5, 0.6) is 0 Å². The van der Waals surface area contributed by atoms with Gasteiger partial charge in [0.05, 0.1) is 37.4 Å². The van der Waals surface area contributed by atoms with Gasteiger partial charge in [-0.15, -0.1) is 0 Å². The predicted octanol–water partition coefficient (Wildman–Crippen LogP) is 7.01. The molecule has 5 atom stereocenters. The molecule has 1 saturated heterocycles. The molecule has 12 nitrogen and oxygen atoms in total. The highest BCUT2D eigenvalue weighted by Crippen LogP contribution is 2.60. The third-order valence-electron chi connectivity index (χ3n) is 12.4. The van der Waals surface area contributed by atoms with Crippen molar-refractivity contribution in [3.8, 4) is 0 Å². The number of hydrogen-bond acceptors (Lipinski definition) is 8. The molecule has 7 N–H and O–H groups in total. The molecule has 314 valence electrons. The van der Waals surface area contributed by atoms with Crippen LogP contribution < -0.4 is 27.0 Å². The van der Waals surface area contributed by atoms with Crippen LogP contribution in [0.25, 0.3) is 0 Å². The molecule has 0 aromatic heterocycles. The molecule has 14 heteroatoms. The number of nitrogens with one attached hydrogen (secondary N) is 2. The van der Waals surface area contributed by atoms with E-state index < -0.39 is 43.5 Å². The minimum absolute atomic E-state index is 0.114. The van der Waals surface area contributed by atoms with Gasteiger partial charge in [-0.2, -0.15) is 0 Å². The second kappa shape index (κ2) is 16.3. The summed E-state index contributed by atoms with van der Waals surface area (Å²) in [4.78, 5) is 59.1. The third kappa shape index (κ3) is 7.89. The van der Waals surface area contributed by atoms with Gasteiger partial charge in [0.1, 0.15) is 0 Å². The number of carbonyl (C=O) groups is 4. The number of ether oxygens (including phenoxy) is 1. The Balaban J connectivity index is 1.12. The van der Waals surface area contributed by atoms with E-state index >= 15 is 8.90 Å². The summed E-state index contributed by atoms with van der Waals surface area (Å²) >= 11 is 0. The summed E-state index contributed by atoms with van der Waals surface area (Å²) in [5.41, 5.74) is 15.8. The number of hydrogen-bond donors (Lipinski definition) is 5. The van der Waals surface area contributed by atoms with Crippen molar-refractivity contribution in [1.82, 2.24) is 4.90 Å². The van der Waals surface area contributed by atoms with E-state index in [0.29, 0.717) is 58.1 Å². The Bertz CT molecular complexity index is 2500.